The van der Waals surface area contributed by atoms with Crippen molar-refractivity contribution in [2.45, 2.75) is 44.5 Å². The van der Waals surface area contributed by atoms with Crippen molar-refractivity contribution < 1.29 is 23.1 Å². The Bertz CT molecular complexity index is 1060. The number of unbranched alkanes of at least 4 members (excludes halogenated alkanes) is 1. The van der Waals surface area contributed by atoms with Crippen molar-refractivity contribution in [3.63, 3.8) is 0 Å². The van der Waals surface area contributed by atoms with Crippen LogP contribution in [0, 0.1) is 0 Å². The van der Waals surface area contributed by atoms with Crippen LogP contribution in [0.2, 0.25) is 0 Å². The van der Waals surface area contributed by atoms with Crippen LogP contribution in [0.3, 0.4) is 0 Å². The number of pyridine rings is 1. The Kier molecular flexibility index (Phi) is 8.36. The molecule has 0 aromatic carbocycles. The van der Waals surface area contributed by atoms with Crippen molar-refractivity contribution in [1.29, 1.82) is 0 Å². The minimum absolute atomic E-state index is 0.00919. The van der Waals surface area contributed by atoms with Gasteiger partial charge in [0.15, 0.2) is 17.1 Å². The maximum absolute atomic E-state index is 12.8. The van der Waals surface area contributed by atoms with Crippen LogP contribution in [0.1, 0.15) is 46.0 Å². The normalized spacial score (nSPS) is 12.5. The number of halogens is 3. The molecule has 1 unspecified atom stereocenters. The van der Waals surface area contributed by atoms with Gasteiger partial charge in [-0.15, -0.1) is 15.3 Å². The summed E-state index contributed by atoms with van der Waals surface area (Å²) in [5.74, 6) is -0.330. The number of hydrogen-bond donors (Lipinski definition) is 3. The van der Waals surface area contributed by atoms with Gasteiger partial charge in [-0.1, -0.05) is 11.3 Å². The van der Waals surface area contributed by atoms with Crippen molar-refractivity contribution in [3.8, 4) is 0 Å². The lowest BCUT2D eigenvalue weighted by atomic mass is 10.1. The Hall–Kier alpha value is -3.03. The fourth-order valence-electron chi connectivity index (χ4n) is 2.85. The Balaban J connectivity index is 1.42. The molecule has 0 spiro atoms. The summed E-state index contributed by atoms with van der Waals surface area (Å²) >= 11 is 1.36. The zero-order valence-corrected chi connectivity index (χ0v) is 18.4. The number of hydrogen-bond acceptors (Lipinski definition) is 9. The number of carbonyl (C=O) groups excluding carboxylic acids is 1. The van der Waals surface area contributed by atoms with E-state index in [0.29, 0.717) is 11.4 Å². The lowest BCUT2D eigenvalue weighted by molar-refractivity contribution is -0.137. The number of carbonyl (C=O) groups is 1. The first-order chi connectivity index (χ1) is 15.7. The highest BCUT2D eigenvalue weighted by molar-refractivity contribution is 7.11. The molecule has 1 atom stereocenters. The number of aryl methyl sites for hydroxylation is 2. The molecule has 3 rings (SSSR count). The van der Waals surface area contributed by atoms with E-state index >= 15 is 0 Å². The van der Waals surface area contributed by atoms with Crippen LogP contribution in [0.15, 0.2) is 30.5 Å². The summed E-state index contributed by atoms with van der Waals surface area (Å²) in [6.07, 6.45) is -1.49. The lowest BCUT2D eigenvalue weighted by Crippen LogP contribution is -2.17. The van der Waals surface area contributed by atoms with Crippen molar-refractivity contribution >= 4 is 23.1 Å². The molecule has 3 aromatic heterocycles. The highest BCUT2D eigenvalue weighted by atomic mass is 32.1. The minimum Gasteiger partial charge on any atom is -0.372 e. The number of rotatable bonds is 10. The molecule has 13 heteroatoms. The molecule has 0 saturated heterocycles. The monoisotopic (exact) mass is 481 g/mol. The molecule has 0 fully saturated rings. The summed E-state index contributed by atoms with van der Waals surface area (Å²) in [5, 5.41) is 32.3. The van der Waals surface area contributed by atoms with Crippen LogP contribution < -0.4 is 10.6 Å². The van der Waals surface area contributed by atoms with E-state index < -0.39 is 23.9 Å². The fourth-order valence-corrected chi connectivity index (χ4v) is 3.73. The van der Waals surface area contributed by atoms with Crippen LogP contribution in [0.5, 0.6) is 0 Å². The number of amides is 1. The largest absolute Gasteiger partial charge is 0.416 e. The van der Waals surface area contributed by atoms with Crippen molar-refractivity contribution in [2.75, 3.05) is 12.4 Å². The smallest absolute Gasteiger partial charge is 0.372 e. The van der Waals surface area contributed by atoms with Gasteiger partial charge < -0.3 is 10.4 Å². The van der Waals surface area contributed by atoms with Gasteiger partial charge in [0, 0.05) is 12.6 Å². The number of alkyl halides is 3. The third kappa shape index (κ3) is 7.51. The second-order valence-electron chi connectivity index (χ2n) is 7.10. The molecule has 176 valence electrons. The summed E-state index contributed by atoms with van der Waals surface area (Å²) in [7, 11) is 1.64. The van der Waals surface area contributed by atoms with E-state index in [-0.39, 0.29) is 17.9 Å². The van der Waals surface area contributed by atoms with Crippen LogP contribution in [0.4, 0.5) is 19.0 Å². The van der Waals surface area contributed by atoms with E-state index in [1.165, 1.54) is 11.3 Å². The molecule has 0 bridgehead atoms. The topological polar surface area (TPSA) is 126 Å². The average molecular weight is 482 g/mol. The van der Waals surface area contributed by atoms with E-state index in [1.54, 1.807) is 19.2 Å². The first-order valence-corrected chi connectivity index (χ1v) is 10.9. The second kappa shape index (κ2) is 11.2. The van der Waals surface area contributed by atoms with Gasteiger partial charge in [0.1, 0.15) is 5.01 Å². The van der Waals surface area contributed by atoms with Gasteiger partial charge in [0.25, 0.3) is 0 Å². The fraction of sp³-hybridized carbons (Fsp3) is 0.400. The summed E-state index contributed by atoms with van der Waals surface area (Å²) in [6.45, 7) is 0. The number of nitrogens with one attached hydrogen (secondary N) is 2. The van der Waals surface area contributed by atoms with E-state index in [4.69, 9.17) is 0 Å². The zero-order valence-electron chi connectivity index (χ0n) is 17.6. The van der Waals surface area contributed by atoms with Gasteiger partial charge in [-0.25, -0.2) is 0 Å². The molecule has 0 aliphatic rings. The van der Waals surface area contributed by atoms with Crippen molar-refractivity contribution in [3.05, 3.63) is 57.4 Å². The second-order valence-corrected chi connectivity index (χ2v) is 8.19. The standard InChI is InChI=1S/C20H22F3N7O2S/c1-24-18(32)19-30-29-17(33-19)5-3-2-4-13-6-7-15(28-27-13)26-16(31)11-14-10-12(8-9-25-14)20(21,22)23/h6-10,18,24,32H,2-5,11H2,1H3,(H,26,28,31). The summed E-state index contributed by atoms with van der Waals surface area (Å²) < 4.78 is 38.3. The van der Waals surface area contributed by atoms with E-state index in [0.717, 1.165) is 48.3 Å². The molecule has 0 radical (unpaired) electrons. The quantitative estimate of drug-likeness (QED) is 0.298. The van der Waals surface area contributed by atoms with E-state index in [1.807, 2.05) is 0 Å². The molecule has 1 amide bonds. The van der Waals surface area contributed by atoms with Crippen molar-refractivity contribution in [2.24, 2.45) is 0 Å². The molecular formula is C20H22F3N7O2S. The Morgan fingerprint density at radius 1 is 1.09 bits per heavy atom. The minimum atomic E-state index is -4.50. The maximum Gasteiger partial charge on any atom is 0.416 e. The molecule has 3 aromatic rings. The molecular weight excluding hydrogens is 459 g/mol. The van der Waals surface area contributed by atoms with Gasteiger partial charge in [0.05, 0.1) is 23.4 Å². The lowest BCUT2D eigenvalue weighted by Gasteiger charge is -2.08. The summed E-state index contributed by atoms with van der Waals surface area (Å²) in [6, 6.07) is 5.03. The van der Waals surface area contributed by atoms with Crippen molar-refractivity contribution in [1.82, 2.24) is 30.7 Å². The Labute approximate surface area is 191 Å². The highest BCUT2D eigenvalue weighted by Crippen LogP contribution is 2.29. The van der Waals surface area contributed by atoms with Gasteiger partial charge in [-0.2, -0.15) is 18.3 Å². The summed E-state index contributed by atoms with van der Waals surface area (Å²) in [4.78, 5) is 15.9. The Morgan fingerprint density at radius 3 is 2.58 bits per heavy atom. The van der Waals surface area contributed by atoms with E-state index in [9.17, 15) is 23.1 Å². The van der Waals surface area contributed by atoms with Crippen LogP contribution >= 0.6 is 11.3 Å². The molecule has 33 heavy (non-hydrogen) atoms. The van der Waals surface area contributed by atoms with Crippen LogP contribution in [-0.2, 0) is 30.2 Å². The number of anilines is 1. The van der Waals surface area contributed by atoms with Gasteiger partial charge >= 0.3 is 6.18 Å². The Morgan fingerprint density at radius 2 is 1.88 bits per heavy atom. The molecule has 0 saturated carbocycles. The maximum atomic E-state index is 12.8. The molecule has 3 heterocycles. The molecule has 3 N–H and O–H groups in total. The van der Waals surface area contributed by atoms with Gasteiger partial charge in [-0.05, 0) is 50.6 Å². The van der Waals surface area contributed by atoms with Crippen LogP contribution in [-0.4, -0.2) is 43.4 Å². The third-order valence-electron chi connectivity index (χ3n) is 4.54. The van der Waals surface area contributed by atoms with Crippen LogP contribution in [0.25, 0.3) is 0 Å². The first kappa shape index (κ1) is 24.6. The predicted octanol–water partition coefficient (Wildman–Crippen LogP) is 2.70. The average Bonchev–Trinajstić information content (AvgIpc) is 3.26. The number of aliphatic hydroxyl groups excluding tert-OH is 1. The molecule has 9 nitrogen and oxygen atoms in total. The first-order valence-electron chi connectivity index (χ1n) is 10.1. The molecule has 0 aliphatic heterocycles. The zero-order chi connectivity index (χ0) is 23.8. The van der Waals surface area contributed by atoms with Gasteiger partial charge in [0.2, 0.25) is 5.91 Å². The van der Waals surface area contributed by atoms with Gasteiger partial charge in [-0.3, -0.25) is 15.1 Å². The highest BCUT2D eigenvalue weighted by Gasteiger charge is 2.30. The SMILES string of the molecule is CNC(O)c1nnc(CCCCc2ccc(NC(=O)Cc3cc(C(F)(F)F)ccn3)nn2)s1. The summed E-state index contributed by atoms with van der Waals surface area (Å²) in [5.41, 5.74) is -0.0995. The number of aliphatic hydroxyl groups is 1. The third-order valence-corrected chi connectivity index (χ3v) is 5.57. The number of aromatic nitrogens is 5. The predicted molar refractivity (Wildman–Crippen MR) is 114 cm³/mol. The van der Waals surface area contributed by atoms with E-state index in [2.05, 4.69) is 36.0 Å². The molecule has 0 aliphatic carbocycles. The number of nitrogens with zero attached hydrogens (tertiary/aromatic N) is 5.